The van der Waals surface area contributed by atoms with E-state index in [1.807, 2.05) is 6.92 Å². The Morgan fingerprint density at radius 2 is 2.20 bits per heavy atom. The van der Waals surface area contributed by atoms with Crippen LogP contribution in [0.15, 0.2) is 35.4 Å². The molecule has 0 spiro atoms. The van der Waals surface area contributed by atoms with E-state index in [1.54, 1.807) is 36.1 Å². The van der Waals surface area contributed by atoms with Gasteiger partial charge in [-0.05, 0) is 18.6 Å². The van der Waals surface area contributed by atoms with Gasteiger partial charge in [0.15, 0.2) is 5.75 Å². The van der Waals surface area contributed by atoms with E-state index >= 15 is 0 Å². The second-order valence-corrected chi connectivity index (χ2v) is 4.24. The number of aromatic nitrogens is 2. The lowest BCUT2D eigenvalue weighted by Crippen LogP contribution is -2.21. The van der Waals surface area contributed by atoms with Crippen LogP contribution in [0.4, 0.5) is 5.69 Å². The highest BCUT2D eigenvalue weighted by molar-refractivity contribution is 5.56. The van der Waals surface area contributed by atoms with Crippen molar-refractivity contribution in [1.29, 1.82) is 0 Å². The van der Waals surface area contributed by atoms with Gasteiger partial charge in [-0.15, -0.1) is 0 Å². The van der Waals surface area contributed by atoms with E-state index in [4.69, 9.17) is 15.2 Å². The first-order chi connectivity index (χ1) is 9.65. The maximum atomic E-state index is 12.1. The molecule has 20 heavy (non-hydrogen) atoms. The third-order valence-corrected chi connectivity index (χ3v) is 2.77. The summed E-state index contributed by atoms with van der Waals surface area (Å²) >= 11 is 0. The molecule has 0 saturated heterocycles. The van der Waals surface area contributed by atoms with Crippen LogP contribution in [-0.2, 0) is 6.54 Å². The molecule has 1 heterocycles. The van der Waals surface area contributed by atoms with Crippen molar-refractivity contribution in [2.24, 2.45) is 0 Å². The van der Waals surface area contributed by atoms with E-state index in [0.717, 1.165) is 6.42 Å². The van der Waals surface area contributed by atoms with Crippen LogP contribution in [-0.4, -0.2) is 16.7 Å². The molecule has 1 aromatic heterocycles. The molecule has 0 atom stereocenters. The molecule has 106 valence electrons. The normalized spacial score (nSPS) is 10.3. The van der Waals surface area contributed by atoms with Crippen LogP contribution in [0.3, 0.4) is 0 Å². The van der Waals surface area contributed by atoms with Gasteiger partial charge in [0.25, 0.3) is 5.88 Å². The van der Waals surface area contributed by atoms with Crippen LogP contribution in [0.2, 0.25) is 0 Å². The molecule has 0 aliphatic rings. The smallest absolute Gasteiger partial charge is 0.313 e. The van der Waals surface area contributed by atoms with Gasteiger partial charge in [0.05, 0.1) is 12.8 Å². The topological polar surface area (TPSA) is 79.4 Å². The third-order valence-electron chi connectivity index (χ3n) is 2.77. The molecule has 6 nitrogen and oxygen atoms in total. The van der Waals surface area contributed by atoms with Gasteiger partial charge < -0.3 is 19.8 Å². The molecule has 0 amide bonds. The molecule has 0 aliphatic carbocycles. The Labute approximate surface area is 116 Å². The number of rotatable bonds is 5. The predicted molar refractivity (Wildman–Crippen MR) is 76.3 cm³/mol. The second kappa shape index (κ2) is 6.10. The minimum Gasteiger partial charge on any atom is -0.497 e. The monoisotopic (exact) mass is 275 g/mol. The molecule has 2 N–H and O–H groups in total. The fourth-order valence-electron chi connectivity index (χ4n) is 1.75. The number of nitrogens with two attached hydrogens (primary N) is 1. The zero-order valence-electron chi connectivity index (χ0n) is 11.5. The van der Waals surface area contributed by atoms with E-state index in [1.165, 1.54) is 6.20 Å². The fourth-order valence-corrected chi connectivity index (χ4v) is 1.75. The molecule has 0 saturated carbocycles. The van der Waals surface area contributed by atoms with Gasteiger partial charge in [-0.3, -0.25) is 4.79 Å². The number of ether oxygens (including phenoxy) is 2. The van der Waals surface area contributed by atoms with Gasteiger partial charge in [-0.25, -0.2) is 4.98 Å². The predicted octanol–water partition coefficient (Wildman–Crippen LogP) is 2.04. The van der Waals surface area contributed by atoms with Crippen LogP contribution >= 0.6 is 0 Å². The number of anilines is 1. The Morgan fingerprint density at radius 3 is 2.90 bits per heavy atom. The highest BCUT2D eigenvalue weighted by atomic mass is 16.5. The maximum absolute atomic E-state index is 12.1. The second-order valence-electron chi connectivity index (χ2n) is 4.24. The summed E-state index contributed by atoms with van der Waals surface area (Å²) in [5.74, 6) is 0.947. The first-order valence-corrected chi connectivity index (χ1v) is 6.32. The van der Waals surface area contributed by atoms with Gasteiger partial charge >= 0.3 is 5.56 Å². The Kier molecular flexibility index (Phi) is 4.24. The summed E-state index contributed by atoms with van der Waals surface area (Å²) in [5, 5.41) is 0. The van der Waals surface area contributed by atoms with Crippen molar-refractivity contribution in [3.63, 3.8) is 0 Å². The Balaban J connectivity index is 2.35. The van der Waals surface area contributed by atoms with E-state index in [-0.39, 0.29) is 11.4 Å². The van der Waals surface area contributed by atoms with Crippen molar-refractivity contribution in [3.05, 3.63) is 40.9 Å². The van der Waals surface area contributed by atoms with Crippen molar-refractivity contribution in [2.45, 2.75) is 19.9 Å². The number of hydrogen-bond acceptors (Lipinski definition) is 5. The molecular weight excluding hydrogens is 258 g/mol. The number of methoxy groups -OCH3 is 1. The van der Waals surface area contributed by atoms with E-state index in [2.05, 4.69) is 4.98 Å². The third kappa shape index (κ3) is 2.90. The maximum Gasteiger partial charge on any atom is 0.313 e. The number of benzene rings is 1. The lowest BCUT2D eigenvalue weighted by molar-refractivity contribution is 0.405. The molecule has 1 aromatic carbocycles. The van der Waals surface area contributed by atoms with Crippen LogP contribution in [0.5, 0.6) is 17.4 Å². The molecule has 0 unspecified atom stereocenters. The number of nitrogens with zero attached hydrogens (tertiary/aromatic N) is 2. The summed E-state index contributed by atoms with van der Waals surface area (Å²) in [6.45, 7) is 2.61. The highest BCUT2D eigenvalue weighted by Crippen LogP contribution is 2.29. The van der Waals surface area contributed by atoms with Crippen molar-refractivity contribution in [3.8, 4) is 17.4 Å². The minimum absolute atomic E-state index is 0.000836. The first-order valence-electron chi connectivity index (χ1n) is 6.32. The highest BCUT2D eigenvalue weighted by Gasteiger charge is 2.10. The first kappa shape index (κ1) is 13.9. The fraction of sp³-hybridized carbons (Fsp3) is 0.286. The van der Waals surface area contributed by atoms with Gasteiger partial charge in [0.2, 0.25) is 0 Å². The Bertz CT molecular complexity index is 652. The molecule has 0 fully saturated rings. The summed E-state index contributed by atoms with van der Waals surface area (Å²) in [6.07, 6.45) is 4.01. The SMILES string of the molecule is CCCn1ccnc(Oc2cc(OC)ccc2N)c1=O. The Hall–Kier alpha value is -2.50. The zero-order valence-corrected chi connectivity index (χ0v) is 11.5. The molecule has 0 bridgehead atoms. The lowest BCUT2D eigenvalue weighted by Gasteiger charge is -2.10. The average molecular weight is 275 g/mol. The minimum atomic E-state index is -0.281. The standard InChI is InChI=1S/C14H17N3O3/c1-3-7-17-8-6-16-13(14(17)18)20-12-9-10(19-2)4-5-11(12)15/h4-6,8-9H,3,7,15H2,1-2H3. The largest absolute Gasteiger partial charge is 0.497 e. The molecule has 2 aromatic rings. The van der Waals surface area contributed by atoms with Crippen molar-refractivity contribution in [1.82, 2.24) is 9.55 Å². The van der Waals surface area contributed by atoms with E-state index in [9.17, 15) is 4.79 Å². The van der Waals surface area contributed by atoms with Crippen LogP contribution in [0.1, 0.15) is 13.3 Å². The van der Waals surface area contributed by atoms with Crippen molar-refractivity contribution in [2.75, 3.05) is 12.8 Å². The summed E-state index contributed by atoms with van der Waals surface area (Å²) < 4.78 is 12.2. The number of aryl methyl sites for hydroxylation is 1. The molecule has 6 heteroatoms. The molecule has 2 rings (SSSR count). The average Bonchev–Trinajstić information content (AvgIpc) is 2.45. The van der Waals surface area contributed by atoms with Crippen LogP contribution in [0, 0.1) is 0 Å². The van der Waals surface area contributed by atoms with Crippen LogP contribution in [0.25, 0.3) is 0 Å². The zero-order chi connectivity index (χ0) is 14.5. The molecule has 0 radical (unpaired) electrons. The van der Waals surface area contributed by atoms with Gasteiger partial charge in [0.1, 0.15) is 5.75 Å². The summed E-state index contributed by atoms with van der Waals surface area (Å²) in [7, 11) is 1.55. The molecule has 0 aliphatic heterocycles. The number of nitrogen functional groups attached to an aromatic ring is 1. The van der Waals surface area contributed by atoms with E-state index in [0.29, 0.717) is 23.7 Å². The van der Waals surface area contributed by atoms with Gasteiger partial charge in [0, 0.05) is 25.0 Å². The van der Waals surface area contributed by atoms with E-state index < -0.39 is 0 Å². The molecular formula is C14H17N3O3. The lowest BCUT2D eigenvalue weighted by atomic mass is 10.3. The van der Waals surface area contributed by atoms with Gasteiger partial charge in [-0.1, -0.05) is 6.92 Å². The Morgan fingerprint density at radius 1 is 1.40 bits per heavy atom. The quantitative estimate of drug-likeness (QED) is 0.845. The number of hydrogen-bond donors (Lipinski definition) is 1. The summed E-state index contributed by atoms with van der Waals surface area (Å²) in [4.78, 5) is 16.1. The van der Waals surface area contributed by atoms with Crippen LogP contribution < -0.4 is 20.8 Å². The van der Waals surface area contributed by atoms with Gasteiger partial charge in [-0.2, -0.15) is 0 Å². The van der Waals surface area contributed by atoms with Crippen molar-refractivity contribution < 1.29 is 9.47 Å². The van der Waals surface area contributed by atoms with Crippen molar-refractivity contribution >= 4 is 5.69 Å². The summed E-state index contributed by atoms with van der Waals surface area (Å²) in [6, 6.07) is 4.99. The summed E-state index contributed by atoms with van der Waals surface area (Å²) in [5.41, 5.74) is 5.96.